The highest BCUT2D eigenvalue weighted by molar-refractivity contribution is 9.10. The van der Waals surface area contributed by atoms with Gasteiger partial charge in [-0.05, 0) is 31.0 Å². The number of ether oxygens (including phenoxy) is 1. The maximum absolute atomic E-state index is 12.1. The number of nitrogens with zero attached hydrogens (tertiary/aromatic N) is 3. The van der Waals surface area contributed by atoms with Gasteiger partial charge in [-0.15, -0.1) is 16.8 Å². The first-order valence-electron chi connectivity index (χ1n) is 8.62. The molecule has 1 saturated heterocycles. The molecule has 1 unspecified atom stereocenters. The third-order valence-corrected chi connectivity index (χ3v) is 5.57. The third kappa shape index (κ3) is 5.12. The van der Waals surface area contributed by atoms with Crippen molar-refractivity contribution < 1.29 is 14.6 Å². The number of carbonyl (C=O) groups excluding carboxylic acids is 1. The van der Waals surface area contributed by atoms with Crippen molar-refractivity contribution in [3.8, 4) is 17.1 Å². The molecule has 9 heteroatoms. The molecule has 2 aromatic rings. The van der Waals surface area contributed by atoms with Crippen LogP contribution in [0.3, 0.4) is 0 Å². The molecule has 1 amide bonds. The lowest BCUT2D eigenvalue weighted by molar-refractivity contribution is -0.119. The van der Waals surface area contributed by atoms with Gasteiger partial charge in [0.05, 0.1) is 17.4 Å². The number of aromatic hydroxyl groups is 1. The van der Waals surface area contributed by atoms with Crippen LogP contribution in [0.5, 0.6) is 5.75 Å². The highest BCUT2D eigenvalue weighted by Crippen LogP contribution is 2.32. The minimum atomic E-state index is -0.0736. The largest absolute Gasteiger partial charge is 0.507 e. The molecule has 2 heterocycles. The number of amides is 1. The van der Waals surface area contributed by atoms with Crippen LogP contribution in [0.15, 0.2) is 40.5 Å². The molecule has 144 valence electrons. The lowest BCUT2D eigenvalue weighted by Crippen LogP contribution is -2.32. The zero-order chi connectivity index (χ0) is 19.2. The van der Waals surface area contributed by atoms with E-state index in [4.69, 9.17) is 4.74 Å². The minimum Gasteiger partial charge on any atom is -0.507 e. The van der Waals surface area contributed by atoms with Gasteiger partial charge in [0.25, 0.3) is 0 Å². The minimum absolute atomic E-state index is 0.0736. The molecule has 0 radical (unpaired) electrons. The van der Waals surface area contributed by atoms with Gasteiger partial charge in [-0.1, -0.05) is 33.8 Å². The molecule has 0 saturated carbocycles. The number of aromatic nitrogens is 3. The Balaban J connectivity index is 1.68. The van der Waals surface area contributed by atoms with Crippen LogP contribution in [0.25, 0.3) is 11.4 Å². The van der Waals surface area contributed by atoms with E-state index in [0.29, 0.717) is 29.6 Å². The summed E-state index contributed by atoms with van der Waals surface area (Å²) in [6, 6.07) is 5.13. The fourth-order valence-electron chi connectivity index (χ4n) is 2.79. The Morgan fingerprint density at radius 2 is 2.37 bits per heavy atom. The Kier molecular flexibility index (Phi) is 6.92. The maximum Gasteiger partial charge on any atom is 0.230 e. The number of hydrogen-bond donors (Lipinski definition) is 2. The van der Waals surface area contributed by atoms with Crippen molar-refractivity contribution >= 4 is 33.6 Å². The highest BCUT2D eigenvalue weighted by atomic mass is 79.9. The van der Waals surface area contributed by atoms with Gasteiger partial charge in [0.2, 0.25) is 5.91 Å². The van der Waals surface area contributed by atoms with E-state index in [-0.39, 0.29) is 23.5 Å². The molecular formula is C18H21BrN4O3S. The van der Waals surface area contributed by atoms with Gasteiger partial charge in [0, 0.05) is 24.2 Å². The van der Waals surface area contributed by atoms with Gasteiger partial charge >= 0.3 is 0 Å². The smallest absolute Gasteiger partial charge is 0.230 e. The number of allylic oxidation sites excluding steroid dienone is 1. The van der Waals surface area contributed by atoms with Gasteiger partial charge in [-0.3, -0.25) is 9.36 Å². The van der Waals surface area contributed by atoms with Crippen LogP contribution in [0.4, 0.5) is 0 Å². The van der Waals surface area contributed by atoms with Crippen LogP contribution < -0.4 is 5.32 Å². The van der Waals surface area contributed by atoms with Crippen molar-refractivity contribution in [2.24, 2.45) is 0 Å². The maximum atomic E-state index is 12.1. The molecule has 1 fully saturated rings. The lowest BCUT2D eigenvalue weighted by Gasteiger charge is -2.11. The summed E-state index contributed by atoms with van der Waals surface area (Å²) in [4.78, 5) is 12.1. The Bertz CT molecular complexity index is 821. The summed E-state index contributed by atoms with van der Waals surface area (Å²) in [5.74, 6) is 0.792. The van der Waals surface area contributed by atoms with Gasteiger partial charge in [0.15, 0.2) is 11.0 Å². The van der Waals surface area contributed by atoms with E-state index >= 15 is 0 Å². The first-order valence-corrected chi connectivity index (χ1v) is 10.4. The molecule has 1 aliphatic heterocycles. The van der Waals surface area contributed by atoms with Crippen molar-refractivity contribution in [3.63, 3.8) is 0 Å². The monoisotopic (exact) mass is 452 g/mol. The summed E-state index contributed by atoms with van der Waals surface area (Å²) >= 11 is 4.70. The summed E-state index contributed by atoms with van der Waals surface area (Å²) < 4.78 is 8.15. The van der Waals surface area contributed by atoms with Gasteiger partial charge in [-0.2, -0.15) is 0 Å². The van der Waals surface area contributed by atoms with Crippen LogP contribution in [0.1, 0.15) is 12.8 Å². The molecule has 1 aromatic carbocycles. The number of hydrogen-bond acceptors (Lipinski definition) is 6. The summed E-state index contributed by atoms with van der Waals surface area (Å²) in [6.45, 7) is 5.54. The molecule has 1 aliphatic rings. The predicted molar refractivity (Wildman–Crippen MR) is 108 cm³/mol. The summed E-state index contributed by atoms with van der Waals surface area (Å²) in [7, 11) is 0. The highest BCUT2D eigenvalue weighted by Gasteiger charge is 2.19. The number of nitrogens with one attached hydrogen (secondary N) is 1. The Hall–Kier alpha value is -1.84. The third-order valence-electron chi connectivity index (χ3n) is 4.11. The average Bonchev–Trinajstić information content (AvgIpc) is 3.31. The van der Waals surface area contributed by atoms with Crippen LogP contribution in [0, 0.1) is 0 Å². The Labute approximate surface area is 170 Å². The van der Waals surface area contributed by atoms with Crippen molar-refractivity contribution in [2.75, 3.05) is 18.9 Å². The molecule has 27 heavy (non-hydrogen) atoms. The van der Waals surface area contributed by atoms with Crippen LogP contribution in [-0.2, 0) is 16.1 Å². The number of halogens is 1. The number of phenols is 1. The van der Waals surface area contributed by atoms with E-state index in [1.807, 2.05) is 4.57 Å². The van der Waals surface area contributed by atoms with Crippen molar-refractivity contribution in [3.05, 3.63) is 35.3 Å². The molecular weight excluding hydrogens is 432 g/mol. The van der Waals surface area contributed by atoms with Gasteiger partial charge < -0.3 is 15.2 Å². The molecule has 2 N–H and O–H groups in total. The van der Waals surface area contributed by atoms with Crippen molar-refractivity contribution in [1.29, 1.82) is 0 Å². The number of rotatable bonds is 8. The molecule has 0 spiro atoms. The number of phenolic OH excluding ortho intramolecular Hbond substituents is 1. The molecule has 7 nitrogen and oxygen atoms in total. The number of carbonyl (C=O) groups is 1. The second-order valence-electron chi connectivity index (χ2n) is 6.09. The number of thioether (sulfide) groups is 1. The van der Waals surface area contributed by atoms with Crippen molar-refractivity contribution in [1.82, 2.24) is 20.1 Å². The van der Waals surface area contributed by atoms with E-state index in [1.165, 1.54) is 11.8 Å². The zero-order valence-electron chi connectivity index (χ0n) is 14.7. The van der Waals surface area contributed by atoms with E-state index in [2.05, 4.69) is 38.0 Å². The first kappa shape index (κ1) is 19.9. The summed E-state index contributed by atoms with van der Waals surface area (Å²) in [5.41, 5.74) is 0.563. The first-order chi connectivity index (χ1) is 13.1. The molecule has 1 atom stereocenters. The van der Waals surface area contributed by atoms with Crippen LogP contribution >= 0.6 is 27.7 Å². The fraction of sp³-hybridized carbons (Fsp3) is 0.389. The van der Waals surface area contributed by atoms with E-state index in [0.717, 1.165) is 23.9 Å². The standard InChI is InChI=1S/C18H21BrN4O3S/c1-2-7-23-17(14-9-12(19)5-6-15(14)24)21-22-18(23)27-11-16(25)20-10-13-4-3-8-26-13/h2,5-6,9,13,24H,1,3-4,7-8,10-11H2,(H,20,25). The zero-order valence-corrected chi connectivity index (χ0v) is 17.1. The fourth-order valence-corrected chi connectivity index (χ4v) is 3.93. The summed E-state index contributed by atoms with van der Waals surface area (Å²) in [6.07, 6.45) is 3.88. The predicted octanol–water partition coefficient (Wildman–Crippen LogP) is 2.99. The van der Waals surface area contributed by atoms with Crippen molar-refractivity contribution in [2.45, 2.75) is 30.6 Å². The normalized spacial score (nSPS) is 16.4. The second kappa shape index (κ2) is 9.38. The van der Waals surface area contributed by atoms with Gasteiger partial charge in [-0.25, -0.2) is 0 Å². The molecule has 0 bridgehead atoms. The molecule has 3 rings (SSSR count). The molecule has 0 aliphatic carbocycles. The van der Waals surface area contributed by atoms with E-state index in [9.17, 15) is 9.90 Å². The quantitative estimate of drug-likeness (QED) is 0.472. The SMILES string of the molecule is C=CCn1c(SCC(=O)NCC2CCCO2)nnc1-c1cc(Br)ccc1O. The lowest BCUT2D eigenvalue weighted by atomic mass is 10.2. The van der Waals surface area contributed by atoms with Gasteiger partial charge in [0.1, 0.15) is 5.75 Å². The Morgan fingerprint density at radius 3 is 3.11 bits per heavy atom. The van der Waals surface area contributed by atoms with E-state index < -0.39 is 0 Å². The van der Waals surface area contributed by atoms with E-state index in [1.54, 1.807) is 24.3 Å². The molecule has 1 aromatic heterocycles. The number of benzene rings is 1. The summed E-state index contributed by atoms with van der Waals surface area (Å²) in [5, 5.41) is 22.1. The van der Waals surface area contributed by atoms with Crippen LogP contribution in [0.2, 0.25) is 0 Å². The van der Waals surface area contributed by atoms with Crippen LogP contribution in [-0.4, -0.2) is 50.8 Å². The second-order valence-corrected chi connectivity index (χ2v) is 7.95. The topological polar surface area (TPSA) is 89.3 Å². The average molecular weight is 453 g/mol. The Morgan fingerprint density at radius 1 is 1.52 bits per heavy atom.